The molecule has 27 heavy (non-hydrogen) atoms. The van der Waals surface area contributed by atoms with E-state index in [0.29, 0.717) is 11.5 Å². The molecule has 0 spiro atoms. The largest absolute Gasteiger partial charge is 0.298 e. The van der Waals surface area contributed by atoms with Crippen molar-refractivity contribution in [3.05, 3.63) is 113 Å². The van der Waals surface area contributed by atoms with Gasteiger partial charge in [0.15, 0.2) is 5.84 Å². The maximum Gasteiger partial charge on any atom is 0.298 e. The number of hydrogen-bond acceptors (Lipinski definition) is 3. The van der Waals surface area contributed by atoms with Crippen LogP contribution in [0.2, 0.25) is 0 Å². The molecule has 0 atom stereocenters. The van der Waals surface area contributed by atoms with E-state index in [1.807, 2.05) is 91.0 Å². The average Bonchev–Trinajstić information content (AvgIpc) is 3.04. The number of amides is 1. The first-order valence-corrected chi connectivity index (χ1v) is 8.65. The highest BCUT2D eigenvalue weighted by molar-refractivity contribution is 6.19. The van der Waals surface area contributed by atoms with Crippen molar-refractivity contribution < 1.29 is 4.79 Å². The average molecular weight is 351 g/mol. The molecule has 0 radical (unpaired) electrons. The highest BCUT2D eigenvalue weighted by Gasteiger charge is 2.31. The zero-order valence-corrected chi connectivity index (χ0v) is 14.6. The van der Waals surface area contributed by atoms with Crippen molar-refractivity contribution in [3.8, 4) is 0 Å². The lowest BCUT2D eigenvalue weighted by molar-refractivity contribution is -0.122. The Labute approximate surface area is 157 Å². The Morgan fingerprint density at radius 2 is 1.30 bits per heavy atom. The number of hydrogen-bond donors (Lipinski definition) is 0. The maximum absolute atomic E-state index is 12.9. The van der Waals surface area contributed by atoms with Gasteiger partial charge < -0.3 is 0 Å². The molecule has 3 aromatic rings. The minimum atomic E-state index is -0.245. The van der Waals surface area contributed by atoms with Crippen LogP contribution < -0.4 is 0 Å². The number of carbonyl (C=O) groups is 1. The molecule has 0 saturated heterocycles. The van der Waals surface area contributed by atoms with Gasteiger partial charge in [-0.05, 0) is 17.2 Å². The predicted octanol–water partition coefficient (Wildman–Crippen LogP) is 4.35. The molecule has 0 N–H and O–H groups in total. The summed E-state index contributed by atoms with van der Waals surface area (Å²) in [6.07, 6.45) is 3.45. The van der Waals surface area contributed by atoms with E-state index in [0.717, 1.165) is 16.7 Å². The normalized spacial score (nSPS) is 15.6. The molecule has 0 fully saturated rings. The van der Waals surface area contributed by atoms with Crippen LogP contribution in [0.1, 0.15) is 16.7 Å². The highest BCUT2D eigenvalue weighted by atomic mass is 16.2. The van der Waals surface area contributed by atoms with Gasteiger partial charge in [-0.15, -0.1) is 0 Å². The predicted molar refractivity (Wildman–Crippen MR) is 108 cm³/mol. The van der Waals surface area contributed by atoms with E-state index in [1.54, 1.807) is 12.3 Å². The van der Waals surface area contributed by atoms with E-state index < -0.39 is 0 Å². The molecule has 130 valence electrons. The first-order valence-electron chi connectivity index (χ1n) is 8.65. The second-order valence-corrected chi connectivity index (χ2v) is 6.01. The Kier molecular flexibility index (Phi) is 4.70. The number of rotatable bonds is 4. The zero-order chi connectivity index (χ0) is 18.5. The summed E-state index contributed by atoms with van der Waals surface area (Å²) >= 11 is 0. The standard InChI is InChI=1S/C23H17N3O/c27-23-21(16-18-10-4-1-5-11-18)25-22(20-14-8-3-9-15-20)26(23)24-17-19-12-6-2-7-13-19/h1-17H/b21-16-,24-17+. The summed E-state index contributed by atoms with van der Waals surface area (Å²) in [7, 11) is 0. The van der Waals surface area contributed by atoms with Gasteiger partial charge >= 0.3 is 0 Å². The summed E-state index contributed by atoms with van der Waals surface area (Å²) in [5, 5.41) is 5.77. The van der Waals surface area contributed by atoms with Gasteiger partial charge in [0.2, 0.25) is 0 Å². The molecule has 1 aliphatic heterocycles. The van der Waals surface area contributed by atoms with E-state index in [9.17, 15) is 4.79 Å². The molecule has 4 rings (SSSR count). The molecular weight excluding hydrogens is 334 g/mol. The lowest BCUT2D eigenvalue weighted by Crippen LogP contribution is -2.27. The summed E-state index contributed by atoms with van der Waals surface area (Å²) in [5.74, 6) is 0.278. The molecule has 1 aliphatic rings. The minimum absolute atomic E-state index is 0.245. The molecule has 4 nitrogen and oxygen atoms in total. The van der Waals surface area contributed by atoms with E-state index >= 15 is 0 Å². The first kappa shape index (κ1) is 16.7. The molecule has 0 unspecified atom stereocenters. The SMILES string of the molecule is O=C1/C(=C/c2ccccc2)N=C(c2ccccc2)N1/N=C/c1ccccc1. The third kappa shape index (κ3) is 3.75. The smallest absolute Gasteiger partial charge is 0.265 e. The van der Waals surface area contributed by atoms with Gasteiger partial charge in [-0.1, -0.05) is 91.0 Å². The first-order chi connectivity index (χ1) is 13.3. The van der Waals surface area contributed by atoms with Crippen molar-refractivity contribution in [1.82, 2.24) is 5.01 Å². The van der Waals surface area contributed by atoms with Crippen LogP contribution in [0.3, 0.4) is 0 Å². The van der Waals surface area contributed by atoms with Crippen LogP contribution in [0.4, 0.5) is 0 Å². The van der Waals surface area contributed by atoms with Crippen LogP contribution in [0, 0.1) is 0 Å². The fraction of sp³-hybridized carbons (Fsp3) is 0. The summed E-state index contributed by atoms with van der Waals surface area (Å²) in [5.41, 5.74) is 3.04. The van der Waals surface area contributed by atoms with Crippen LogP contribution >= 0.6 is 0 Å². The van der Waals surface area contributed by atoms with Crippen molar-refractivity contribution in [3.63, 3.8) is 0 Å². The van der Waals surface area contributed by atoms with Crippen molar-refractivity contribution in [2.45, 2.75) is 0 Å². The maximum atomic E-state index is 12.9. The third-order valence-corrected chi connectivity index (χ3v) is 4.10. The quantitative estimate of drug-likeness (QED) is 0.509. The Bertz CT molecular complexity index is 1020. The molecule has 3 aromatic carbocycles. The van der Waals surface area contributed by atoms with Crippen molar-refractivity contribution in [2.75, 3.05) is 0 Å². The lowest BCUT2D eigenvalue weighted by atomic mass is 10.2. The third-order valence-electron chi connectivity index (χ3n) is 4.10. The molecule has 1 amide bonds. The Morgan fingerprint density at radius 3 is 1.93 bits per heavy atom. The van der Waals surface area contributed by atoms with Gasteiger partial charge in [0, 0.05) is 5.56 Å². The minimum Gasteiger partial charge on any atom is -0.265 e. The van der Waals surface area contributed by atoms with Gasteiger partial charge in [0.25, 0.3) is 5.91 Å². The molecule has 0 bridgehead atoms. The molecular formula is C23H17N3O. The number of nitrogens with zero attached hydrogens (tertiary/aromatic N) is 3. The summed E-state index contributed by atoms with van der Waals surface area (Å²) < 4.78 is 0. The van der Waals surface area contributed by atoms with Crippen molar-refractivity contribution in [2.24, 2.45) is 10.1 Å². The summed E-state index contributed by atoms with van der Waals surface area (Å²) in [6, 6.07) is 28.9. The van der Waals surface area contributed by atoms with Gasteiger partial charge in [-0.3, -0.25) is 4.79 Å². The molecule has 4 heteroatoms. The van der Waals surface area contributed by atoms with Crippen molar-refractivity contribution in [1.29, 1.82) is 0 Å². The van der Waals surface area contributed by atoms with Crippen LogP contribution in [0.15, 0.2) is 107 Å². The summed E-state index contributed by atoms with van der Waals surface area (Å²) in [6.45, 7) is 0. The van der Waals surface area contributed by atoms with E-state index in [1.165, 1.54) is 5.01 Å². The number of hydrazone groups is 1. The Morgan fingerprint density at radius 1 is 0.741 bits per heavy atom. The van der Waals surface area contributed by atoms with Crippen LogP contribution in [0.5, 0.6) is 0 Å². The molecule has 0 saturated carbocycles. The van der Waals surface area contributed by atoms with Gasteiger partial charge in [0.05, 0.1) is 6.21 Å². The fourth-order valence-electron chi connectivity index (χ4n) is 2.76. The molecule has 0 aliphatic carbocycles. The molecule has 1 heterocycles. The van der Waals surface area contributed by atoms with E-state index in [2.05, 4.69) is 10.1 Å². The number of amidine groups is 1. The van der Waals surface area contributed by atoms with Crippen LogP contribution in [-0.2, 0) is 4.79 Å². The number of carbonyl (C=O) groups excluding carboxylic acids is 1. The fourth-order valence-corrected chi connectivity index (χ4v) is 2.76. The van der Waals surface area contributed by atoms with E-state index in [-0.39, 0.29) is 5.91 Å². The lowest BCUT2D eigenvalue weighted by Gasteiger charge is -2.11. The highest BCUT2D eigenvalue weighted by Crippen LogP contribution is 2.22. The van der Waals surface area contributed by atoms with Gasteiger partial charge in [-0.25, -0.2) is 4.99 Å². The number of aliphatic imine (C=N–C) groups is 1. The molecule has 0 aromatic heterocycles. The second-order valence-electron chi connectivity index (χ2n) is 6.01. The van der Waals surface area contributed by atoms with Crippen molar-refractivity contribution >= 4 is 24.0 Å². The topological polar surface area (TPSA) is 45.0 Å². The van der Waals surface area contributed by atoms with Gasteiger partial charge in [-0.2, -0.15) is 10.1 Å². The van der Waals surface area contributed by atoms with E-state index in [4.69, 9.17) is 0 Å². The Hall–Kier alpha value is -3.79. The Balaban J connectivity index is 1.73. The van der Waals surface area contributed by atoms with Crippen LogP contribution in [0.25, 0.3) is 6.08 Å². The number of benzene rings is 3. The monoisotopic (exact) mass is 351 g/mol. The second kappa shape index (κ2) is 7.62. The zero-order valence-electron chi connectivity index (χ0n) is 14.6. The summed E-state index contributed by atoms with van der Waals surface area (Å²) in [4.78, 5) is 17.5. The van der Waals surface area contributed by atoms with Crippen LogP contribution in [-0.4, -0.2) is 23.0 Å². The van der Waals surface area contributed by atoms with Gasteiger partial charge in [0.1, 0.15) is 5.70 Å².